The molecule has 1 atom stereocenters. The summed E-state index contributed by atoms with van der Waals surface area (Å²) in [6.07, 6.45) is 8.30. The molecular formula is C28H33BrClN3O2. The summed E-state index contributed by atoms with van der Waals surface area (Å²) in [6, 6.07) is 8.55. The number of aromatic nitrogens is 1. The van der Waals surface area contributed by atoms with Crippen molar-refractivity contribution in [1.29, 1.82) is 0 Å². The topological polar surface area (TPSA) is 53.5 Å². The first-order chi connectivity index (χ1) is 16.9. The van der Waals surface area contributed by atoms with Crippen molar-refractivity contribution >= 4 is 39.3 Å². The predicted octanol–water partition coefficient (Wildman–Crippen LogP) is 5.62. The summed E-state index contributed by atoms with van der Waals surface area (Å²) in [5, 5.41) is 0.789. The number of fused-ring (bicyclic) bond motifs is 2. The second-order valence-electron chi connectivity index (χ2n) is 10.4. The number of rotatable bonds is 3. The lowest BCUT2D eigenvalue weighted by atomic mass is 9.76. The number of hydrogen-bond donors (Lipinski definition) is 0. The van der Waals surface area contributed by atoms with Crippen LogP contribution in [0.4, 0.5) is 0 Å². The van der Waals surface area contributed by atoms with Gasteiger partial charge in [-0.2, -0.15) is 0 Å². The average molecular weight is 559 g/mol. The standard InChI is InChI=1S/C28H33BrClN3O2/c1-18(34)32-10-6-19(7-11-32)14-26(35)33-12-8-20(9-13-33)27-25-5-4-24(30)16-21(25)2-3-22-15-23(29)17-31-28(22)27/h4-5,15-17,19-20,27H,2-3,6-14H2,1H3. The summed E-state index contributed by atoms with van der Waals surface area (Å²) in [6.45, 7) is 4.80. The highest BCUT2D eigenvalue weighted by Gasteiger charge is 2.35. The zero-order valence-corrected chi connectivity index (χ0v) is 22.7. The van der Waals surface area contributed by atoms with Gasteiger partial charge in [0, 0.05) is 61.1 Å². The van der Waals surface area contributed by atoms with E-state index in [0.717, 1.165) is 74.2 Å². The first-order valence-electron chi connectivity index (χ1n) is 12.8. The van der Waals surface area contributed by atoms with Crippen molar-refractivity contribution in [1.82, 2.24) is 14.8 Å². The van der Waals surface area contributed by atoms with E-state index in [1.165, 1.54) is 22.4 Å². The van der Waals surface area contributed by atoms with Crippen LogP contribution in [0.2, 0.25) is 5.02 Å². The molecule has 2 amide bonds. The molecule has 1 aromatic carbocycles. The molecule has 2 aliphatic heterocycles. The van der Waals surface area contributed by atoms with E-state index in [0.29, 0.717) is 18.3 Å². The van der Waals surface area contributed by atoms with Gasteiger partial charge in [0.1, 0.15) is 0 Å². The monoisotopic (exact) mass is 557 g/mol. The van der Waals surface area contributed by atoms with Crippen LogP contribution in [-0.4, -0.2) is 52.8 Å². The number of pyridine rings is 1. The Bertz CT molecular complexity index is 1050. The summed E-state index contributed by atoms with van der Waals surface area (Å²) in [5.74, 6) is 1.50. The molecule has 5 rings (SSSR count). The van der Waals surface area contributed by atoms with E-state index in [2.05, 4.69) is 39.0 Å². The lowest BCUT2D eigenvalue weighted by molar-refractivity contribution is -0.134. The second kappa shape index (κ2) is 10.6. The number of carbonyl (C=O) groups is 2. The molecule has 3 aliphatic rings. The first-order valence-corrected chi connectivity index (χ1v) is 14.0. The molecule has 1 aliphatic carbocycles. The van der Waals surface area contributed by atoms with Gasteiger partial charge in [-0.05, 0) is 101 Å². The highest BCUT2D eigenvalue weighted by atomic mass is 79.9. The highest BCUT2D eigenvalue weighted by molar-refractivity contribution is 9.10. The Labute approximate surface area is 221 Å². The molecule has 1 aromatic heterocycles. The van der Waals surface area contributed by atoms with E-state index in [1.807, 2.05) is 17.2 Å². The Hall–Kier alpha value is -1.92. The van der Waals surface area contributed by atoms with Gasteiger partial charge in [-0.25, -0.2) is 0 Å². The van der Waals surface area contributed by atoms with Crippen molar-refractivity contribution in [3.63, 3.8) is 0 Å². The molecule has 1 unspecified atom stereocenters. The number of carbonyl (C=O) groups excluding carboxylic acids is 2. The Morgan fingerprint density at radius 1 is 1.00 bits per heavy atom. The summed E-state index contributed by atoms with van der Waals surface area (Å²) in [5.41, 5.74) is 5.18. The molecular weight excluding hydrogens is 526 g/mol. The molecule has 3 heterocycles. The van der Waals surface area contributed by atoms with Crippen LogP contribution in [0, 0.1) is 11.8 Å². The maximum absolute atomic E-state index is 13.1. The van der Waals surface area contributed by atoms with Crippen LogP contribution < -0.4 is 0 Å². The van der Waals surface area contributed by atoms with E-state index in [4.69, 9.17) is 16.6 Å². The minimum absolute atomic E-state index is 0.141. The van der Waals surface area contributed by atoms with Crippen molar-refractivity contribution < 1.29 is 9.59 Å². The molecule has 5 nitrogen and oxygen atoms in total. The van der Waals surface area contributed by atoms with E-state index >= 15 is 0 Å². The minimum Gasteiger partial charge on any atom is -0.343 e. The maximum atomic E-state index is 13.1. The smallest absolute Gasteiger partial charge is 0.222 e. The van der Waals surface area contributed by atoms with Gasteiger partial charge in [-0.1, -0.05) is 17.7 Å². The fraction of sp³-hybridized carbons (Fsp3) is 0.536. The van der Waals surface area contributed by atoms with Gasteiger partial charge < -0.3 is 9.80 Å². The van der Waals surface area contributed by atoms with Crippen LogP contribution in [0.3, 0.4) is 0 Å². The summed E-state index contributed by atoms with van der Waals surface area (Å²) in [4.78, 5) is 33.6. The Kier molecular flexibility index (Phi) is 7.50. The zero-order chi connectivity index (χ0) is 24.5. The third kappa shape index (κ3) is 5.43. The maximum Gasteiger partial charge on any atom is 0.222 e. The van der Waals surface area contributed by atoms with Gasteiger partial charge >= 0.3 is 0 Å². The van der Waals surface area contributed by atoms with Crippen LogP contribution in [-0.2, 0) is 22.4 Å². The van der Waals surface area contributed by atoms with Crippen molar-refractivity contribution in [3.8, 4) is 0 Å². The molecule has 2 aromatic rings. The number of likely N-dealkylation sites (tertiary alicyclic amines) is 2. The SMILES string of the molecule is CC(=O)N1CCC(CC(=O)N2CCC(C3c4ccc(Cl)cc4CCc4cc(Br)cnc43)CC2)CC1. The van der Waals surface area contributed by atoms with E-state index in [9.17, 15) is 9.59 Å². The van der Waals surface area contributed by atoms with Crippen LogP contribution in [0.15, 0.2) is 34.9 Å². The summed E-state index contributed by atoms with van der Waals surface area (Å²) in [7, 11) is 0. The quantitative estimate of drug-likeness (QED) is 0.492. The normalized spacial score (nSPS) is 21.3. The molecule has 35 heavy (non-hydrogen) atoms. The van der Waals surface area contributed by atoms with E-state index in [1.54, 1.807) is 6.92 Å². The van der Waals surface area contributed by atoms with Gasteiger partial charge in [0.15, 0.2) is 0 Å². The fourth-order valence-electron chi connectivity index (χ4n) is 6.27. The van der Waals surface area contributed by atoms with Crippen molar-refractivity contribution in [3.05, 3.63) is 62.3 Å². The van der Waals surface area contributed by atoms with Crippen LogP contribution >= 0.6 is 27.5 Å². The number of hydrogen-bond acceptors (Lipinski definition) is 3. The van der Waals surface area contributed by atoms with Gasteiger partial charge in [0.05, 0.1) is 5.69 Å². The molecule has 0 radical (unpaired) electrons. The summed E-state index contributed by atoms with van der Waals surface area (Å²) < 4.78 is 1.02. The fourth-order valence-corrected chi connectivity index (χ4v) is 6.84. The van der Waals surface area contributed by atoms with E-state index in [-0.39, 0.29) is 17.7 Å². The van der Waals surface area contributed by atoms with Crippen molar-refractivity contribution in [2.24, 2.45) is 11.8 Å². The van der Waals surface area contributed by atoms with Crippen LogP contribution in [0.1, 0.15) is 67.3 Å². The molecule has 186 valence electrons. The average Bonchev–Trinajstić information content (AvgIpc) is 3.00. The number of benzene rings is 1. The zero-order valence-electron chi connectivity index (χ0n) is 20.3. The first kappa shape index (κ1) is 24.8. The predicted molar refractivity (Wildman–Crippen MR) is 142 cm³/mol. The second-order valence-corrected chi connectivity index (χ2v) is 11.7. The number of piperidine rings is 2. The van der Waals surface area contributed by atoms with Gasteiger partial charge in [-0.3, -0.25) is 14.6 Å². The van der Waals surface area contributed by atoms with Gasteiger partial charge in [-0.15, -0.1) is 0 Å². The van der Waals surface area contributed by atoms with Crippen molar-refractivity contribution in [2.75, 3.05) is 26.2 Å². The lowest BCUT2D eigenvalue weighted by Gasteiger charge is -2.38. The Morgan fingerprint density at radius 2 is 1.69 bits per heavy atom. The van der Waals surface area contributed by atoms with Crippen molar-refractivity contribution in [2.45, 2.75) is 57.8 Å². The van der Waals surface area contributed by atoms with Gasteiger partial charge in [0.25, 0.3) is 0 Å². The molecule has 0 N–H and O–H groups in total. The third-order valence-electron chi connectivity index (χ3n) is 8.25. The Morgan fingerprint density at radius 3 is 2.40 bits per heavy atom. The molecule has 0 bridgehead atoms. The molecule has 0 spiro atoms. The largest absolute Gasteiger partial charge is 0.343 e. The molecule has 2 saturated heterocycles. The van der Waals surface area contributed by atoms with Crippen LogP contribution in [0.25, 0.3) is 0 Å². The number of halogens is 2. The molecule has 7 heteroatoms. The van der Waals surface area contributed by atoms with Crippen LogP contribution in [0.5, 0.6) is 0 Å². The highest BCUT2D eigenvalue weighted by Crippen LogP contribution is 2.43. The Balaban J connectivity index is 1.28. The van der Waals surface area contributed by atoms with Gasteiger partial charge in [0.2, 0.25) is 11.8 Å². The number of nitrogens with zero attached hydrogens (tertiary/aromatic N) is 3. The minimum atomic E-state index is 0.141. The molecule has 2 fully saturated rings. The lowest BCUT2D eigenvalue weighted by Crippen LogP contribution is -2.42. The summed E-state index contributed by atoms with van der Waals surface area (Å²) >= 11 is 9.98. The third-order valence-corrected chi connectivity index (χ3v) is 8.92. The van der Waals surface area contributed by atoms with E-state index < -0.39 is 0 Å². The number of aryl methyl sites for hydroxylation is 2. The molecule has 0 saturated carbocycles. The number of amides is 2.